The van der Waals surface area contributed by atoms with Crippen molar-refractivity contribution in [1.29, 1.82) is 0 Å². The molecule has 0 bridgehead atoms. The summed E-state index contributed by atoms with van der Waals surface area (Å²) in [6, 6.07) is 6.48. The van der Waals surface area contributed by atoms with E-state index >= 15 is 0 Å². The van der Waals surface area contributed by atoms with E-state index in [9.17, 15) is 14.4 Å². The quantitative estimate of drug-likeness (QED) is 0.483. The van der Waals surface area contributed by atoms with Gasteiger partial charge in [-0.15, -0.1) is 0 Å². The third-order valence-electron chi connectivity index (χ3n) is 4.01. The predicted molar refractivity (Wildman–Crippen MR) is 108 cm³/mol. The third-order valence-corrected chi connectivity index (χ3v) is 5.04. The number of ketones is 1. The largest absolute Gasteiger partial charge is 0.480 e. The lowest BCUT2D eigenvalue weighted by molar-refractivity contribution is -0.142. The van der Waals surface area contributed by atoms with Gasteiger partial charge in [0.25, 0.3) is 0 Å². The van der Waals surface area contributed by atoms with Crippen LogP contribution in [0.4, 0.5) is 0 Å². The monoisotopic (exact) mass is 443 g/mol. The number of hydrogen-bond acceptors (Lipinski definition) is 4. The van der Waals surface area contributed by atoms with Crippen LogP contribution >= 0.6 is 28.6 Å². The number of nitrogens with one attached hydrogen (secondary N) is 1. The zero-order chi connectivity index (χ0) is 19.9. The molecule has 1 aromatic rings. The number of aliphatic carboxylic acids is 1. The molecule has 0 aliphatic rings. The van der Waals surface area contributed by atoms with Gasteiger partial charge in [-0.25, -0.2) is 0 Å². The minimum atomic E-state index is -1.11. The van der Waals surface area contributed by atoms with Crippen molar-refractivity contribution in [2.45, 2.75) is 51.3 Å². The molecule has 0 aliphatic carbocycles. The zero-order valence-electron chi connectivity index (χ0n) is 15.2. The number of amides is 1. The van der Waals surface area contributed by atoms with Gasteiger partial charge in [0.2, 0.25) is 5.91 Å². The van der Waals surface area contributed by atoms with E-state index in [1.165, 1.54) is 6.92 Å². The van der Waals surface area contributed by atoms with E-state index < -0.39 is 29.1 Å². The van der Waals surface area contributed by atoms with E-state index in [4.69, 9.17) is 5.11 Å². The van der Waals surface area contributed by atoms with Crippen LogP contribution in [0.1, 0.15) is 39.2 Å². The maximum Gasteiger partial charge on any atom is 0.325 e. The maximum atomic E-state index is 12.5. The SMILES string of the molecule is CC(C)CC(S)C(=O)CC(Cc1ccc(Br)cc1)C(=O)N[C@@H](C)C(=O)O. The number of thiol groups is 1. The fourth-order valence-electron chi connectivity index (χ4n) is 2.51. The van der Waals surface area contributed by atoms with Crippen LogP contribution in [0, 0.1) is 11.8 Å². The van der Waals surface area contributed by atoms with Gasteiger partial charge in [0.1, 0.15) is 11.8 Å². The summed E-state index contributed by atoms with van der Waals surface area (Å²) in [6.07, 6.45) is 1.04. The Bertz CT molecular complexity index is 633. The summed E-state index contributed by atoms with van der Waals surface area (Å²) < 4.78 is 0.921. The van der Waals surface area contributed by atoms with Crippen LogP contribution in [-0.2, 0) is 20.8 Å². The molecule has 0 saturated heterocycles. The summed E-state index contributed by atoms with van der Waals surface area (Å²) in [5.74, 6) is -1.94. The third kappa shape index (κ3) is 7.91. The average molecular weight is 444 g/mol. The molecule has 0 radical (unpaired) electrons. The van der Waals surface area contributed by atoms with Crippen LogP contribution in [0.25, 0.3) is 0 Å². The molecule has 1 aromatic carbocycles. The van der Waals surface area contributed by atoms with Gasteiger partial charge in [-0.05, 0) is 43.4 Å². The summed E-state index contributed by atoms with van der Waals surface area (Å²) in [5, 5.41) is 11.1. The van der Waals surface area contributed by atoms with E-state index in [1.807, 2.05) is 38.1 Å². The second-order valence-electron chi connectivity index (χ2n) is 6.91. The lowest BCUT2D eigenvalue weighted by Crippen LogP contribution is -2.43. The van der Waals surface area contributed by atoms with Crippen LogP contribution in [0.15, 0.2) is 28.7 Å². The Morgan fingerprint density at radius 1 is 1.15 bits per heavy atom. The molecule has 3 atom stereocenters. The summed E-state index contributed by atoms with van der Waals surface area (Å²) in [5.41, 5.74) is 0.906. The number of carbonyl (C=O) groups excluding carboxylic acids is 2. The molecule has 0 aliphatic heterocycles. The topological polar surface area (TPSA) is 83.5 Å². The first-order chi connectivity index (χ1) is 12.1. The molecule has 2 N–H and O–H groups in total. The van der Waals surface area contributed by atoms with E-state index in [1.54, 1.807) is 0 Å². The number of benzene rings is 1. The van der Waals surface area contributed by atoms with Gasteiger partial charge in [-0.3, -0.25) is 14.4 Å². The van der Waals surface area contributed by atoms with Gasteiger partial charge in [0.05, 0.1) is 5.25 Å². The highest BCUT2D eigenvalue weighted by molar-refractivity contribution is 9.10. The number of carboxylic acids is 1. The molecule has 0 saturated carbocycles. The fraction of sp³-hybridized carbons (Fsp3) is 0.526. The Morgan fingerprint density at radius 2 is 1.73 bits per heavy atom. The molecule has 0 heterocycles. The molecule has 1 rings (SSSR count). The molecule has 0 fully saturated rings. The van der Waals surface area contributed by atoms with Crippen molar-refractivity contribution in [1.82, 2.24) is 5.32 Å². The van der Waals surface area contributed by atoms with E-state index in [0.29, 0.717) is 18.8 Å². The molecule has 1 amide bonds. The smallest absolute Gasteiger partial charge is 0.325 e. The minimum Gasteiger partial charge on any atom is -0.480 e. The molecule has 26 heavy (non-hydrogen) atoms. The number of halogens is 1. The van der Waals surface area contributed by atoms with Gasteiger partial charge < -0.3 is 10.4 Å². The van der Waals surface area contributed by atoms with Crippen molar-refractivity contribution < 1.29 is 19.5 Å². The molecule has 5 nitrogen and oxygen atoms in total. The van der Waals surface area contributed by atoms with E-state index in [2.05, 4.69) is 33.9 Å². The average Bonchev–Trinajstić information content (AvgIpc) is 2.55. The lowest BCUT2D eigenvalue weighted by Gasteiger charge is -2.20. The maximum absolute atomic E-state index is 12.5. The van der Waals surface area contributed by atoms with Gasteiger partial charge in [0.15, 0.2) is 0 Å². The second-order valence-corrected chi connectivity index (χ2v) is 8.45. The lowest BCUT2D eigenvalue weighted by atomic mass is 9.91. The normalized spacial score (nSPS) is 14.5. The number of carbonyl (C=O) groups is 3. The highest BCUT2D eigenvalue weighted by Gasteiger charge is 2.27. The summed E-state index contributed by atoms with van der Waals surface area (Å²) in [6.45, 7) is 5.42. The van der Waals surface area contributed by atoms with Crippen molar-refractivity contribution >= 4 is 46.2 Å². The van der Waals surface area contributed by atoms with Crippen molar-refractivity contribution in [3.8, 4) is 0 Å². The number of carboxylic acid groups (broad SMARTS) is 1. The van der Waals surface area contributed by atoms with Crippen LogP contribution in [-0.4, -0.2) is 34.1 Å². The van der Waals surface area contributed by atoms with Crippen molar-refractivity contribution in [3.63, 3.8) is 0 Å². The van der Waals surface area contributed by atoms with Crippen LogP contribution in [0.5, 0.6) is 0 Å². The van der Waals surface area contributed by atoms with Crippen LogP contribution < -0.4 is 5.32 Å². The van der Waals surface area contributed by atoms with Crippen molar-refractivity contribution in [3.05, 3.63) is 34.3 Å². The van der Waals surface area contributed by atoms with Gasteiger partial charge >= 0.3 is 5.97 Å². The van der Waals surface area contributed by atoms with Crippen LogP contribution in [0.2, 0.25) is 0 Å². The van der Waals surface area contributed by atoms with Gasteiger partial charge in [0, 0.05) is 16.8 Å². The molecular weight excluding hydrogens is 418 g/mol. The standard InChI is InChI=1S/C19H26BrNO4S/c1-11(2)8-17(26)16(22)10-14(18(23)21-12(3)19(24)25)9-13-4-6-15(20)7-5-13/h4-7,11-12,14,17,26H,8-10H2,1-3H3,(H,21,23)(H,24,25)/t12-,14?,17?/m0/s1. The van der Waals surface area contributed by atoms with Gasteiger partial charge in [-0.1, -0.05) is 41.9 Å². The highest BCUT2D eigenvalue weighted by Crippen LogP contribution is 2.20. The predicted octanol–water partition coefficient (Wildman–Crippen LogP) is 3.50. The first-order valence-electron chi connectivity index (χ1n) is 8.58. The number of Topliss-reactive ketones (excluding diaryl/α,β-unsaturated/α-hetero) is 1. The fourth-order valence-corrected chi connectivity index (χ4v) is 3.30. The summed E-state index contributed by atoms with van der Waals surface area (Å²) in [4.78, 5) is 36.0. The van der Waals surface area contributed by atoms with Gasteiger partial charge in [-0.2, -0.15) is 12.6 Å². The summed E-state index contributed by atoms with van der Waals surface area (Å²) in [7, 11) is 0. The highest BCUT2D eigenvalue weighted by atomic mass is 79.9. The molecule has 144 valence electrons. The Labute approximate surface area is 168 Å². The molecular formula is C19H26BrNO4S. The minimum absolute atomic E-state index is 0.0368. The van der Waals surface area contributed by atoms with Crippen LogP contribution in [0.3, 0.4) is 0 Å². The van der Waals surface area contributed by atoms with E-state index in [-0.39, 0.29) is 12.2 Å². The Morgan fingerprint density at radius 3 is 2.23 bits per heavy atom. The Hall–Kier alpha value is -1.34. The second kappa shape index (κ2) is 10.7. The number of rotatable bonds is 10. The first-order valence-corrected chi connectivity index (χ1v) is 9.89. The molecule has 2 unspecified atom stereocenters. The summed E-state index contributed by atoms with van der Waals surface area (Å²) >= 11 is 7.73. The molecule has 0 aromatic heterocycles. The Kier molecular flexibility index (Phi) is 9.36. The zero-order valence-corrected chi connectivity index (χ0v) is 17.7. The first kappa shape index (κ1) is 22.7. The Balaban J connectivity index is 2.89. The van der Waals surface area contributed by atoms with E-state index in [0.717, 1.165) is 10.0 Å². The number of hydrogen-bond donors (Lipinski definition) is 3. The van der Waals surface area contributed by atoms with Crippen molar-refractivity contribution in [2.24, 2.45) is 11.8 Å². The molecule has 0 spiro atoms. The molecule has 7 heteroatoms. The van der Waals surface area contributed by atoms with Crippen molar-refractivity contribution in [2.75, 3.05) is 0 Å².